The highest BCUT2D eigenvalue weighted by molar-refractivity contribution is 14.1. The number of nitrogens with one attached hydrogen (secondary N) is 1. The summed E-state index contributed by atoms with van der Waals surface area (Å²) in [7, 11) is 0. The number of halogens is 1. The molecule has 0 spiro atoms. The lowest BCUT2D eigenvalue weighted by Crippen LogP contribution is -2.63. The Bertz CT molecular complexity index is 452. The Morgan fingerprint density at radius 1 is 1.40 bits per heavy atom. The summed E-state index contributed by atoms with van der Waals surface area (Å²) in [5.41, 5.74) is 0.313. The smallest absolute Gasteiger partial charge is 0.320 e. The van der Waals surface area contributed by atoms with Gasteiger partial charge < -0.3 is 9.47 Å². The van der Waals surface area contributed by atoms with Crippen LogP contribution in [0.1, 0.15) is 19.4 Å². The van der Waals surface area contributed by atoms with E-state index >= 15 is 0 Å². The predicted molar refractivity (Wildman–Crippen MR) is 86.0 cm³/mol. The predicted octanol–water partition coefficient (Wildman–Crippen LogP) is 2.26. The Morgan fingerprint density at radius 2 is 2.05 bits per heavy atom. The van der Waals surface area contributed by atoms with Gasteiger partial charge in [-0.2, -0.15) is 0 Å². The van der Waals surface area contributed by atoms with Gasteiger partial charge in [0.1, 0.15) is 5.60 Å². The van der Waals surface area contributed by atoms with E-state index in [1.165, 1.54) is 0 Å². The molecule has 4 nitrogen and oxygen atoms in total. The van der Waals surface area contributed by atoms with Crippen LogP contribution in [0.2, 0.25) is 0 Å². The first-order valence-corrected chi connectivity index (χ1v) is 8.16. The van der Waals surface area contributed by atoms with Gasteiger partial charge in [-0.05, 0) is 19.4 Å². The molecule has 1 aromatic carbocycles. The molecule has 0 saturated carbocycles. The van der Waals surface area contributed by atoms with Crippen LogP contribution in [0.25, 0.3) is 0 Å². The molecule has 5 heteroatoms. The van der Waals surface area contributed by atoms with Crippen LogP contribution >= 0.6 is 22.6 Å². The van der Waals surface area contributed by atoms with Gasteiger partial charge in [0.25, 0.3) is 0 Å². The quantitative estimate of drug-likeness (QED) is 0.461. The molecule has 0 aliphatic carbocycles. The molecular formula is C15H20INO3. The molecule has 0 unspecified atom stereocenters. The third-order valence-corrected chi connectivity index (χ3v) is 4.92. The van der Waals surface area contributed by atoms with Crippen molar-refractivity contribution in [3.63, 3.8) is 0 Å². The number of carbonyl (C=O) groups excluding carboxylic acids is 1. The van der Waals surface area contributed by atoms with Gasteiger partial charge in [-0.3, -0.25) is 10.1 Å². The van der Waals surface area contributed by atoms with E-state index in [4.69, 9.17) is 9.47 Å². The van der Waals surface area contributed by atoms with Gasteiger partial charge in [0.15, 0.2) is 0 Å². The van der Waals surface area contributed by atoms with Gasteiger partial charge in [-0.15, -0.1) is 0 Å². The summed E-state index contributed by atoms with van der Waals surface area (Å²) in [6.45, 7) is 5.33. The fraction of sp³-hybridized carbons (Fsp3) is 0.533. The zero-order chi connectivity index (χ0) is 14.6. The van der Waals surface area contributed by atoms with Crippen LogP contribution in [0.4, 0.5) is 0 Å². The lowest BCUT2D eigenvalue weighted by Gasteiger charge is -2.40. The van der Waals surface area contributed by atoms with Gasteiger partial charge in [0.2, 0.25) is 0 Å². The van der Waals surface area contributed by atoms with E-state index < -0.39 is 5.60 Å². The number of benzene rings is 1. The maximum atomic E-state index is 12.0. The van der Waals surface area contributed by atoms with E-state index in [0.717, 1.165) is 9.99 Å². The van der Waals surface area contributed by atoms with Crippen LogP contribution in [0.5, 0.6) is 0 Å². The first-order chi connectivity index (χ1) is 9.47. The lowest BCUT2D eigenvalue weighted by molar-refractivity contribution is -0.158. The van der Waals surface area contributed by atoms with E-state index in [9.17, 15) is 4.79 Å². The highest BCUT2D eigenvalue weighted by Crippen LogP contribution is 2.24. The average Bonchev–Trinajstić information content (AvgIpc) is 2.38. The van der Waals surface area contributed by atoms with Crippen molar-refractivity contribution in [2.24, 2.45) is 0 Å². The Kier molecular flexibility index (Phi) is 5.04. The summed E-state index contributed by atoms with van der Waals surface area (Å²) in [6, 6.07) is 9.77. The fourth-order valence-corrected chi connectivity index (χ4v) is 2.76. The summed E-state index contributed by atoms with van der Waals surface area (Å²) in [6.07, 6.45) is 0. The van der Waals surface area contributed by atoms with Crippen LogP contribution in [-0.4, -0.2) is 35.7 Å². The number of ether oxygens (including phenoxy) is 2. The molecular weight excluding hydrogens is 369 g/mol. The molecule has 1 fully saturated rings. The molecule has 1 aromatic rings. The van der Waals surface area contributed by atoms with Crippen molar-refractivity contribution < 1.29 is 14.3 Å². The Labute approximate surface area is 133 Å². The molecule has 0 amide bonds. The number of hydrogen-bond acceptors (Lipinski definition) is 4. The summed E-state index contributed by atoms with van der Waals surface area (Å²) >= 11 is 2.31. The molecule has 0 aromatic heterocycles. The highest BCUT2D eigenvalue weighted by atomic mass is 127. The molecule has 20 heavy (non-hydrogen) atoms. The third-order valence-electron chi connectivity index (χ3n) is 3.46. The molecule has 1 saturated heterocycles. The van der Waals surface area contributed by atoms with Crippen molar-refractivity contribution in [2.75, 3.05) is 24.2 Å². The third kappa shape index (κ3) is 3.71. The Hall–Kier alpha value is -0.660. The minimum Gasteiger partial charge on any atom is -0.454 e. The molecule has 2 rings (SSSR count). The van der Waals surface area contributed by atoms with Crippen molar-refractivity contribution in [3.05, 3.63) is 35.9 Å². The van der Waals surface area contributed by atoms with Crippen LogP contribution in [0.3, 0.4) is 0 Å². The van der Waals surface area contributed by atoms with Crippen molar-refractivity contribution in [1.82, 2.24) is 5.32 Å². The molecule has 0 bridgehead atoms. The van der Waals surface area contributed by atoms with Gasteiger partial charge >= 0.3 is 5.97 Å². The second kappa shape index (κ2) is 6.41. The largest absolute Gasteiger partial charge is 0.454 e. The summed E-state index contributed by atoms with van der Waals surface area (Å²) in [5.74, 6) is -0.241. The first-order valence-electron chi connectivity index (χ1n) is 6.64. The van der Waals surface area contributed by atoms with Crippen molar-refractivity contribution in [2.45, 2.75) is 25.0 Å². The SMILES string of the molecule is CC(C)(OC(=O)CNC1(CI)COC1)c1ccccc1. The maximum absolute atomic E-state index is 12.0. The fourth-order valence-electron chi connectivity index (χ4n) is 2.05. The van der Waals surface area contributed by atoms with Crippen LogP contribution < -0.4 is 5.32 Å². The molecule has 1 N–H and O–H groups in total. The van der Waals surface area contributed by atoms with Crippen molar-refractivity contribution in [3.8, 4) is 0 Å². The average molecular weight is 389 g/mol. The van der Waals surface area contributed by atoms with E-state index in [2.05, 4.69) is 27.9 Å². The number of alkyl halides is 1. The van der Waals surface area contributed by atoms with Gasteiger partial charge in [-0.25, -0.2) is 0 Å². The summed E-state index contributed by atoms with van der Waals surface area (Å²) < 4.78 is 11.7. The van der Waals surface area contributed by atoms with Crippen molar-refractivity contribution in [1.29, 1.82) is 0 Å². The van der Waals surface area contributed by atoms with Crippen LogP contribution in [0, 0.1) is 0 Å². The number of hydrogen-bond donors (Lipinski definition) is 1. The maximum Gasteiger partial charge on any atom is 0.320 e. The highest BCUT2D eigenvalue weighted by Gasteiger charge is 2.38. The normalized spacial score (nSPS) is 17.4. The zero-order valence-electron chi connectivity index (χ0n) is 11.8. The second-order valence-corrected chi connectivity index (χ2v) is 6.37. The molecule has 1 aliphatic heterocycles. The monoisotopic (exact) mass is 389 g/mol. The molecule has 110 valence electrons. The molecule has 0 radical (unpaired) electrons. The van der Waals surface area contributed by atoms with Crippen LogP contribution in [-0.2, 0) is 19.9 Å². The first kappa shape index (κ1) is 15.7. The molecule has 1 aliphatic rings. The standard InChI is InChI=1S/C15H20INO3/c1-14(2,12-6-4-3-5-7-12)20-13(18)8-17-15(9-16)10-19-11-15/h3-7,17H,8-11H2,1-2H3. The van der Waals surface area contributed by atoms with Crippen LogP contribution in [0.15, 0.2) is 30.3 Å². The summed E-state index contributed by atoms with van der Waals surface area (Å²) in [4.78, 5) is 12.0. The molecule has 0 atom stereocenters. The van der Waals surface area contributed by atoms with E-state index in [1.54, 1.807) is 0 Å². The number of carbonyl (C=O) groups is 1. The zero-order valence-corrected chi connectivity index (χ0v) is 14.0. The Morgan fingerprint density at radius 3 is 2.55 bits per heavy atom. The van der Waals surface area contributed by atoms with E-state index in [-0.39, 0.29) is 18.1 Å². The minimum absolute atomic E-state index is 0.0591. The second-order valence-electron chi connectivity index (χ2n) is 5.61. The number of rotatable bonds is 6. The number of esters is 1. The lowest BCUT2D eigenvalue weighted by atomic mass is 9.98. The summed E-state index contributed by atoms with van der Waals surface area (Å²) in [5, 5.41) is 3.25. The topological polar surface area (TPSA) is 47.6 Å². The van der Waals surface area contributed by atoms with E-state index in [1.807, 2.05) is 44.2 Å². The minimum atomic E-state index is -0.617. The van der Waals surface area contributed by atoms with Gasteiger partial charge in [0.05, 0.1) is 25.3 Å². The van der Waals surface area contributed by atoms with Gasteiger partial charge in [-0.1, -0.05) is 52.9 Å². The van der Waals surface area contributed by atoms with Gasteiger partial charge in [0, 0.05) is 4.43 Å². The van der Waals surface area contributed by atoms with E-state index in [0.29, 0.717) is 13.2 Å². The van der Waals surface area contributed by atoms with Crippen molar-refractivity contribution >= 4 is 28.6 Å². The molecule has 1 heterocycles. The Balaban J connectivity index is 1.88.